The van der Waals surface area contributed by atoms with Crippen LogP contribution in [0.4, 0.5) is 0 Å². The van der Waals surface area contributed by atoms with Gasteiger partial charge in [-0.25, -0.2) is 4.79 Å². The molecule has 0 saturated carbocycles. The van der Waals surface area contributed by atoms with E-state index in [4.69, 9.17) is 16.7 Å². The average molecular weight is 266 g/mol. The smallest absolute Gasteiger partial charge is 0.335 e. The summed E-state index contributed by atoms with van der Waals surface area (Å²) in [5.41, 5.74) is 0.583. The topological polar surface area (TPSA) is 59.3 Å². The van der Waals surface area contributed by atoms with Crippen molar-refractivity contribution in [3.05, 3.63) is 45.2 Å². The first-order valence-corrected chi connectivity index (χ1v) is 5.98. The van der Waals surface area contributed by atoms with Crippen molar-refractivity contribution in [3.63, 3.8) is 0 Å². The van der Waals surface area contributed by atoms with Crippen LogP contribution in [0.15, 0.2) is 29.1 Å². The van der Waals surface area contributed by atoms with E-state index in [0.29, 0.717) is 17.4 Å². The summed E-state index contributed by atoms with van der Waals surface area (Å²) in [6.45, 7) is 2.52. The van der Waals surface area contributed by atoms with Crippen LogP contribution in [0.5, 0.6) is 0 Å². The predicted molar refractivity (Wildman–Crippen MR) is 70.5 cm³/mol. The monoisotopic (exact) mass is 265 g/mol. The Labute approximate surface area is 108 Å². The fourth-order valence-corrected chi connectivity index (χ4v) is 2.29. The summed E-state index contributed by atoms with van der Waals surface area (Å²) < 4.78 is 1.57. The van der Waals surface area contributed by atoms with Gasteiger partial charge in [0, 0.05) is 18.0 Å². The highest BCUT2D eigenvalue weighted by molar-refractivity contribution is 6.35. The third-order valence-electron chi connectivity index (χ3n) is 2.73. The Morgan fingerprint density at radius 2 is 2.11 bits per heavy atom. The van der Waals surface area contributed by atoms with Gasteiger partial charge in [0.05, 0.1) is 16.1 Å². The van der Waals surface area contributed by atoms with E-state index >= 15 is 0 Å². The van der Waals surface area contributed by atoms with Crippen LogP contribution in [0.1, 0.15) is 23.7 Å². The zero-order valence-electron chi connectivity index (χ0n) is 9.81. The van der Waals surface area contributed by atoms with Gasteiger partial charge < -0.3 is 9.67 Å². The maximum atomic E-state index is 11.8. The van der Waals surface area contributed by atoms with Crippen molar-refractivity contribution in [2.24, 2.45) is 0 Å². The number of hydrogen-bond donors (Lipinski definition) is 1. The molecule has 0 fully saturated rings. The molecule has 0 aliphatic rings. The Morgan fingerprint density at radius 3 is 2.72 bits per heavy atom. The van der Waals surface area contributed by atoms with Gasteiger partial charge in [-0.15, -0.1) is 0 Å². The molecule has 0 bridgehead atoms. The Hall–Kier alpha value is -1.81. The molecule has 0 atom stereocenters. The zero-order chi connectivity index (χ0) is 13.3. The fourth-order valence-electron chi connectivity index (χ4n) is 1.96. The summed E-state index contributed by atoms with van der Waals surface area (Å²) in [4.78, 5) is 22.7. The van der Waals surface area contributed by atoms with Gasteiger partial charge in [0.2, 0.25) is 0 Å². The lowest BCUT2D eigenvalue weighted by molar-refractivity contribution is 0.0697. The van der Waals surface area contributed by atoms with E-state index in [-0.39, 0.29) is 16.1 Å². The SMILES string of the molecule is CCCn1c(=O)ccc2cc(C(=O)O)cc(Cl)c21. The standard InChI is InChI=1S/C13H12ClNO3/c1-2-5-15-11(16)4-3-8-6-9(13(17)18)7-10(14)12(8)15/h3-4,6-7H,2,5H2,1H3,(H,17,18). The van der Waals surface area contributed by atoms with Crippen LogP contribution in [-0.4, -0.2) is 15.6 Å². The molecule has 2 rings (SSSR count). The number of benzene rings is 1. The summed E-state index contributed by atoms with van der Waals surface area (Å²) in [6.07, 6.45) is 0.802. The van der Waals surface area contributed by atoms with Crippen molar-refractivity contribution in [3.8, 4) is 0 Å². The summed E-state index contributed by atoms with van der Waals surface area (Å²) in [7, 11) is 0. The predicted octanol–water partition coefficient (Wildman–Crippen LogP) is 2.76. The van der Waals surface area contributed by atoms with E-state index < -0.39 is 5.97 Å². The number of hydrogen-bond acceptors (Lipinski definition) is 2. The highest BCUT2D eigenvalue weighted by Gasteiger charge is 2.11. The van der Waals surface area contributed by atoms with Gasteiger partial charge in [0.15, 0.2) is 0 Å². The van der Waals surface area contributed by atoms with Gasteiger partial charge in [0.1, 0.15) is 0 Å². The molecule has 0 saturated heterocycles. The van der Waals surface area contributed by atoms with E-state index in [1.54, 1.807) is 10.6 Å². The fraction of sp³-hybridized carbons (Fsp3) is 0.231. The molecule has 0 amide bonds. The van der Waals surface area contributed by atoms with Gasteiger partial charge in [-0.05, 0) is 24.6 Å². The molecule has 4 nitrogen and oxygen atoms in total. The minimum atomic E-state index is -1.04. The second-order valence-corrected chi connectivity index (χ2v) is 4.43. The summed E-state index contributed by atoms with van der Waals surface area (Å²) in [5.74, 6) is -1.04. The molecule has 1 aromatic carbocycles. The minimum absolute atomic E-state index is 0.120. The van der Waals surface area contributed by atoms with Crippen molar-refractivity contribution in [2.75, 3.05) is 0 Å². The maximum Gasteiger partial charge on any atom is 0.335 e. The molecule has 94 valence electrons. The Kier molecular flexibility index (Phi) is 3.39. The van der Waals surface area contributed by atoms with Gasteiger partial charge >= 0.3 is 5.97 Å². The molecule has 1 N–H and O–H groups in total. The molecule has 0 aliphatic carbocycles. The Balaban J connectivity index is 2.82. The first-order chi connectivity index (χ1) is 8.54. The molecule has 0 radical (unpaired) electrons. The maximum absolute atomic E-state index is 11.8. The van der Waals surface area contributed by atoms with Crippen LogP contribution < -0.4 is 5.56 Å². The molecule has 18 heavy (non-hydrogen) atoms. The Bertz CT molecular complexity index is 676. The normalized spacial score (nSPS) is 10.8. The number of aromatic nitrogens is 1. The average Bonchev–Trinajstić information content (AvgIpc) is 2.32. The van der Waals surface area contributed by atoms with Gasteiger partial charge in [0.25, 0.3) is 5.56 Å². The number of carbonyl (C=O) groups is 1. The molecule has 1 aromatic heterocycles. The number of carboxylic acids is 1. The van der Waals surface area contributed by atoms with Gasteiger partial charge in [-0.3, -0.25) is 4.79 Å². The quantitative estimate of drug-likeness (QED) is 0.928. The van der Waals surface area contributed by atoms with E-state index in [1.165, 1.54) is 18.2 Å². The summed E-state index contributed by atoms with van der Waals surface area (Å²) in [5, 5.41) is 9.92. The molecule has 0 spiro atoms. The summed E-state index contributed by atoms with van der Waals surface area (Å²) in [6, 6.07) is 5.93. The minimum Gasteiger partial charge on any atom is -0.478 e. The molecular formula is C13H12ClNO3. The summed E-state index contributed by atoms with van der Waals surface area (Å²) >= 11 is 6.10. The van der Waals surface area contributed by atoms with E-state index in [1.807, 2.05) is 6.92 Å². The third kappa shape index (κ3) is 2.11. The molecule has 2 aromatic rings. The zero-order valence-corrected chi connectivity index (χ0v) is 10.6. The number of pyridine rings is 1. The number of carboxylic acid groups (broad SMARTS) is 1. The lowest BCUT2D eigenvalue weighted by Crippen LogP contribution is -2.19. The van der Waals surface area contributed by atoms with Crippen molar-refractivity contribution in [2.45, 2.75) is 19.9 Å². The molecular weight excluding hydrogens is 254 g/mol. The number of aromatic carboxylic acids is 1. The van der Waals surface area contributed by atoms with E-state index in [0.717, 1.165) is 6.42 Å². The lowest BCUT2D eigenvalue weighted by atomic mass is 10.1. The molecule has 0 unspecified atom stereocenters. The van der Waals surface area contributed by atoms with Crippen LogP contribution in [-0.2, 0) is 6.54 Å². The van der Waals surface area contributed by atoms with E-state index in [9.17, 15) is 9.59 Å². The third-order valence-corrected chi connectivity index (χ3v) is 3.02. The second kappa shape index (κ2) is 4.82. The van der Waals surface area contributed by atoms with Gasteiger partial charge in [-0.1, -0.05) is 18.5 Å². The number of fused-ring (bicyclic) bond motifs is 1. The molecule has 5 heteroatoms. The highest BCUT2D eigenvalue weighted by atomic mass is 35.5. The molecule has 1 heterocycles. The van der Waals surface area contributed by atoms with Gasteiger partial charge in [-0.2, -0.15) is 0 Å². The van der Waals surface area contributed by atoms with Crippen molar-refractivity contribution in [1.82, 2.24) is 4.57 Å². The molecule has 0 aliphatic heterocycles. The van der Waals surface area contributed by atoms with E-state index in [2.05, 4.69) is 0 Å². The van der Waals surface area contributed by atoms with Crippen molar-refractivity contribution < 1.29 is 9.90 Å². The van der Waals surface area contributed by atoms with Crippen LogP contribution in [0.25, 0.3) is 10.9 Å². The first-order valence-electron chi connectivity index (χ1n) is 5.61. The number of nitrogens with zero attached hydrogens (tertiary/aromatic N) is 1. The number of rotatable bonds is 3. The van der Waals surface area contributed by atoms with Crippen LogP contribution in [0.2, 0.25) is 5.02 Å². The number of aryl methyl sites for hydroxylation is 1. The highest BCUT2D eigenvalue weighted by Crippen LogP contribution is 2.24. The first kappa shape index (κ1) is 12.6. The second-order valence-electron chi connectivity index (χ2n) is 4.02. The van der Waals surface area contributed by atoms with Crippen molar-refractivity contribution in [1.29, 1.82) is 0 Å². The number of halogens is 1. The van der Waals surface area contributed by atoms with Crippen LogP contribution >= 0.6 is 11.6 Å². The van der Waals surface area contributed by atoms with Crippen LogP contribution in [0.3, 0.4) is 0 Å². The van der Waals surface area contributed by atoms with Crippen LogP contribution in [0, 0.1) is 0 Å². The van der Waals surface area contributed by atoms with Crippen molar-refractivity contribution >= 4 is 28.5 Å². The Morgan fingerprint density at radius 1 is 1.39 bits per heavy atom. The largest absolute Gasteiger partial charge is 0.478 e. The lowest BCUT2D eigenvalue weighted by Gasteiger charge is -2.11.